The summed E-state index contributed by atoms with van der Waals surface area (Å²) >= 11 is 0. The van der Waals surface area contributed by atoms with E-state index in [1.807, 2.05) is 0 Å². The van der Waals surface area contributed by atoms with E-state index in [1.54, 1.807) is 0 Å². The zero-order chi connectivity index (χ0) is 14.7. The molecule has 0 bridgehead atoms. The van der Waals surface area contributed by atoms with Crippen molar-refractivity contribution < 1.29 is 23.6 Å². The van der Waals surface area contributed by atoms with Gasteiger partial charge in [0.1, 0.15) is 23.5 Å². The maximum absolute atomic E-state index is 12.9. The Labute approximate surface area is 111 Å². The number of hydrogen-bond acceptors (Lipinski definition) is 5. The van der Waals surface area contributed by atoms with Crippen LogP contribution >= 0.6 is 0 Å². The molecule has 104 valence electrons. The van der Waals surface area contributed by atoms with E-state index < -0.39 is 22.4 Å². The van der Waals surface area contributed by atoms with Crippen molar-refractivity contribution in [1.29, 1.82) is 0 Å². The highest BCUT2D eigenvalue weighted by atomic mass is 19.1. The summed E-state index contributed by atoms with van der Waals surface area (Å²) in [5, 5.41) is 22.2. The van der Waals surface area contributed by atoms with Crippen LogP contribution < -0.4 is 5.32 Å². The number of aromatic carboxylic acids is 1. The number of nitrogens with one attached hydrogen (secondary N) is 1. The van der Waals surface area contributed by atoms with Crippen LogP contribution in [0.5, 0.6) is 0 Å². The van der Waals surface area contributed by atoms with Crippen LogP contribution in [0.3, 0.4) is 0 Å². The summed E-state index contributed by atoms with van der Waals surface area (Å²) in [6.45, 7) is 0.0414. The fourth-order valence-electron chi connectivity index (χ4n) is 1.57. The molecule has 0 saturated carbocycles. The number of nitrogens with zero attached hydrogens (tertiary/aromatic N) is 1. The van der Waals surface area contributed by atoms with Crippen molar-refractivity contribution in [3.63, 3.8) is 0 Å². The first-order chi connectivity index (χ1) is 9.47. The minimum Gasteiger partial charge on any atom is -0.478 e. The van der Waals surface area contributed by atoms with Crippen LogP contribution in [0.15, 0.2) is 34.9 Å². The number of furan rings is 1. The molecule has 0 radical (unpaired) electrons. The Morgan fingerprint density at radius 1 is 1.45 bits per heavy atom. The second-order valence-corrected chi connectivity index (χ2v) is 3.88. The average Bonchev–Trinajstić information content (AvgIpc) is 2.86. The lowest BCUT2D eigenvalue weighted by Crippen LogP contribution is -2.02. The van der Waals surface area contributed by atoms with E-state index >= 15 is 0 Å². The first-order valence-corrected chi connectivity index (χ1v) is 5.46. The SMILES string of the molecule is O=C(O)c1coc(CNc2ccc(F)cc2[N+](=O)[O-])c1. The van der Waals surface area contributed by atoms with E-state index in [9.17, 15) is 19.3 Å². The molecule has 2 aromatic rings. The van der Waals surface area contributed by atoms with Crippen LogP contribution in [0.1, 0.15) is 16.1 Å². The van der Waals surface area contributed by atoms with Gasteiger partial charge in [-0.2, -0.15) is 0 Å². The third kappa shape index (κ3) is 2.91. The second-order valence-electron chi connectivity index (χ2n) is 3.88. The molecule has 0 aliphatic rings. The van der Waals surface area contributed by atoms with E-state index in [4.69, 9.17) is 9.52 Å². The van der Waals surface area contributed by atoms with Crippen LogP contribution in [0.2, 0.25) is 0 Å². The number of carbonyl (C=O) groups is 1. The summed E-state index contributed by atoms with van der Waals surface area (Å²) in [5.41, 5.74) is -0.310. The fraction of sp³-hybridized carbons (Fsp3) is 0.0833. The third-order valence-electron chi connectivity index (χ3n) is 2.51. The molecule has 0 amide bonds. The van der Waals surface area contributed by atoms with Gasteiger partial charge in [-0.15, -0.1) is 0 Å². The number of carboxylic acid groups (broad SMARTS) is 1. The minimum absolute atomic E-state index is 0.0181. The Balaban J connectivity index is 2.14. The highest BCUT2D eigenvalue weighted by Crippen LogP contribution is 2.25. The molecule has 0 unspecified atom stereocenters. The lowest BCUT2D eigenvalue weighted by Gasteiger charge is -2.05. The van der Waals surface area contributed by atoms with Gasteiger partial charge in [-0.1, -0.05) is 0 Å². The van der Waals surface area contributed by atoms with Gasteiger partial charge in [-0.25, -0.2) is 9.18 Å². The van der Waals surface area contributed by atoms with Crippen molar-refractivity contribution in [2.45, 2.75) is 6.54 Å². The minimum atomic E-state index is -1.13. The third-order valence-corrected chi connectivity index (χ3v) is 2.51. The molecule has 0 fully saturated rings. The highest BCUT2D eigenvalue weighted by Gasteiger charge is 2.15. The second kappa shape index (κ2) is 5.39. The van der Waals surface area contributed by atoms with Crippen LogP contribution in [0.4, 0.5) is 15.8 Å². The summed E-state index contributed by atoms with van der Waals surface area (Å²) in [6, 6.07) is 4.41. The largest absolute Gasteiger partial charge is 0.478 e. The van der Waals surface area contributed by atoms with Gasteiger partial charge in [0, 0.05) is 0 Å². The van der Waals surface area contributed by atoms with Gasteiger partial charge in [0.25, 0.3) is 5.69 Å². The number of anilines is 1. The first-order valence-electron chi connectivity index (χ1n) is 5.46. The van der Waals surface area contributed by atoms with Gasteiger partial charge in [0.2, 0.25) is 0 Å². The maximum Gasteiger partial charge on any atom is 0.338 e. The molecule has 1 heterocycles. The monoisotopic (exact) mass is 280 g/mol. The highest BCUT2D eigenvalue weighted by molar-refractivity contribution is 5.87. The number of rotatable bonds is 5. The van der Waals surface area contributed by atoms with Crippen molar-refractivity contribution >= 4 is 17.3 Å². The van der Waals surface area contributed by atoms with E-state index in [2.05, 4.69) is 5.32 Å². The van der Waals surface area contributed by atoms with E-state index in [-0.39, 0.29) is 17.8 Å². The van der Waals surface area contributed by atoms with Gasteiger partial charge in [0.15, 0.2) is 0 Å². The predicted molar refractivity (Wildman–Crippen MR) is 66.0 cm³/mol. The summed E-state index contributed by atoms with van der Waals surface area (Å²) in [6.07, 6.45) is 1.07. The fourth-order valence-corrected chi connectivity index (χ4v) is 1.57. The van der Waals surface area contributed by atoms with Crippen molar-refractivity contribution in [3.05, 3.63) is 57.8 Å². The molecule has 8 heteroatoms. The zero-order valence-corrected chi connectivity index (χ0v) is 10.00. The Kier molecular flexibility index (Phi) is 3.65. The molecule has 7 nitrogen and oxygen atoms in total. The Morgan fingerprint density at radius 3 is 2.80 bits per heavy atom. The standard InChI is InChI=1S/C12H9FN2O5/c13-8-1-2-10(11(4-8)15(18)19)14-5-9-3-7(6-20-9)12(16)17/h1-4,6,14H,5H2,(H,16,17). The Bertz CT molecular complexity index is 668. The molecule has 0 atom stereocenters. The molecule has 0 spiro atoms. The lowest BCUT2D eigenvalue weighted by atomic mass is 10.2. The summed E-state index contributed by atoms with van der Waals surface area (Å²) < 4.78 is 17.9. The van der Waals surface area contributed by atoms with E-state index in [0.717, 1.165) is 18.4 Å². The molecule has 20 heavy (non-hydrogen) atoms. The number of benzene rings is 1. The summed E-state index contributed by atoms with van der Waals surface area (Å²) in [4.78, 5) is 20.7. The molecule has 1 aromatic carbocycles. The number of halogens is 1. The van der Waals surface area contributed by atoms with Crippen LogP contribution in [0.25, 0.3) is 0 Å². The molecule has 2 N–H and O–H groups in total. The quantitative estimate of drug-likeness (QED) is 0.644. The summed E-state index contributed by atoms with van der Waals surface area (Å²) in [7, 11) is 0. The molecule has 2 rings (SSSR count). The molecular formula is C12H9FN2O5. The van der Waals surface area contributed by atoms with Crippen molar-refractivity contribution in [3.8, 4) is 0 Å². The van der Waals surface area contributed by atoms with Crippen molar-refractivity contribution in [2.24, 2.45) is 0 Å². The molecular weight excluding hydrogens is 271 g/mol. The van der Waals surface area contributed by atoms with E-state index in [1.165, 1.54) is 12.1 Å². The number of hydrogen-bond donors (Lipinski definition) is 2. The first kappa shape index (κ1) is 13.5. The van der Waals surface area contributed by atoms with Gasteiger partial charge in [-0.3, -0.25) is 10.1 Å². The topological polar surface area (TPSA) is 106 Å². The summed E-state index contributed by atoms with van der Waals surface area (Å²) in [5.74, 6) is -1.55. The average molecular weight is 280 g/mol. The van der Waals surface area contributed by atoms with Gasteiger partial charge < -0.3 is 14.8 Å². The maximum atomic E-state index is 12.9. The Morgan fingerprint density at radius 2 is 2.20 bits per heavy atom. The van der Waals surface area contributed by atoms with Gasteiger partial charge in [-0.05, 0) is 18.2 Å². The number of carboxylic acids is 1. The molecule has 0 saturated heterocycles. The van der Waals surface area contributed by atoms with Gasteiger partial charge in [0.05, 0.1) is 23.1 Å². The predicted octanol–water partition coefficient (Wildman–Crippen LogP) is 2.64. The molecule has 0 aliphatic heterocycles. The number of nitro groups is 1. The zero-order valence-electron chi connectivity index (χ0n) is 10.00. The van der Waals surface area contributed by atoms with Crippen molar-refractivity contribution in [2.75, 3.05) is 5.32 Å². The van der Waals surface area contributed by atoms with Gasteiger partial charge >= 0.3 is 5.97 Å². The lowest BCUT2D eigenvalue weighted by molar-refractivity contribution is -0.384. The van der Waals surface area contributed by atoms with E-state index in [0.29, 0.717) is 5.76 Å². The normalized spacial score (nSPS) is 10.2. The smallest absolute Gasteiger partial charge is 0.338 e. The van der Waals surface area contributed by atoms with Crippen LogP contribution in [-0.2, 0) is 6.54 Å². The number of nitro benzene ring substituents is 1. The van der Waals surface area contributed by atoms with Crippen LogP contribution in [0, 0.1) is 15.9 Å². The Hall–Kier alpha value is -2.90. The molecule has 0 aliphatic carbocycles. The molecule has 1 aromatic heterocycles. The van der Waals surface area contributed by atoms with Crippen molar-refractivity contribution in [1.82, 2.24) is 0 Å². The van der Waals surface area contributed by atoms with Crippen LogP contribution in [-0.4, -0.2) is 16.0 Å².